The van der Waals surface area contributed by atoms with Crippen molar-refractivity contribution in [2.45, 2.75) is 20.0 Å². The molecular formula is C18H15F3N2O2S. The summed E-state index contributed by atoms with van der Waals surface area (Å²) in [5, 5.41) is 0. The molecule has 0 amide bonds. The van der Waals surface area contributed by atoms with E-state index in [9.17, 15) is 18.0 Å². The molecule has 0 atom stereocenters. The summed E-state index contributed by atoms with van der Waals surface area (Å²) in [7, 11) is 0. The molecule has 0 aliphatic rings. The number of alkyl halides is 3. The standard InChI is InChI=1S/C18H15F3N2O2S/c1-3-25-17(24)15-14(13-9-4-10(2)26-13)22-16(23-15)11-5-7-12(8-6-11)18(19,20)21/h4-9H,3H2,1-2H3,(H,22,23). The number of carbonyl (C=O) groups is 1. The Morgan fingerprint density at radius 3 is 2.42 bits per heavy atom. The van der Waals surface area contributed by atoms with Gasteiger partial charge in [-0.1, -0.05) is 12.1 Å². The Morgan fingerprint density at radius 2 is 1.88 bits per heavy atom. The van der Waals surface area contributed by atoms with Crippen LogP contribution in [0, 0.1) is 6.92 Å². The third-order valence-corrected chi connectivity index (χ3v) is 4.66. The van der Waals surface area contributed by atoms with Gasteiger partial charge in [-0.3, -0.25) is 0 Å². The van der Waals surface area contributed by atoms with Gasteiger partial charge in [0.15, 0.2) is 5.69 Å². The Kier molecular flexibility index (Phi) is 4.86. The molecule has 2 aromatic heterocycles. The summed E-state index contributed by atoms with van der Waals surface area (Å²) in [6, 6.07) is 8.37. The molecule has 8 heteroatoms. The van der Waals surface area contributed by atoms with Gasteiger partial charge in [-0.05, 0) is 38.1 Å². The molecule has 0 aliphatic heterocycles. The minimum atomic E-state index is -4.41. The van der Waals surface area contributed by atoms with Crippen LogP contribution in [0.3, 0.4) is 0 Å². The van der Waals surface area contributed by atoms with Gasteiger partial charge in [-0.25, -0.2) is 9.78 Å². The topological polar surface area (TPSA) is 55.0 Å². The number of hydrogen-bond acceptors (Lipinski definition) is 4. The van der Waals surface area contributed by atoms with Crippen LogP contribution in [0.15, 0.2) is 36.4 Å². The number of nitrogens with one attached hydrogen (secondary N) is 1. The van der Waals surface area contributed by atoms with Crippen molar-refractivity contribution < 1.29 is 22.7 Å². The first-order valence-electron chi connectivity index (χ1n) is 7.81. The van der Waals surface area contributed by atoms with E-state index in [1.54, 1.807) is 6.92 Å². The molecule has 2 heterocycles. The number of benzene rings is 1. The van der Waals surface area contributed by atoms with Crippen molar-refractivity contribution in [1.82, 2.24) is 9.97 Å². The predicted octanol–water partition coefficient (Wildman–Crippen LogP) is 5.31. The summed E-state index contributed by atoms with van der Waals surface area (Å²) >= 11 is 1.48. The first-order chi connectivity index (χ1) is 12.3. The predicted molar refractivity (Wildman–Crippen MR) is 93.0 cm³/mol. The van der Waals surface area contributed by atoms with Gasteiger partial charge < -0.3 is 9.72 Å². The van der Waals surface area contributed by atoms with E-state index in [0.717, 1.165) is 21.9 Å². The largest absolute Gasteiger partial charge is 0.461 e. The Labute approximate surface area is 151 Å². The Balaban J connectivity index is 2.04. The van der Waals surface area contributed by atoms with Crippen molar-refractivity contribution in [3.63, 3.8) is 0 Å². The number of H-pyrrole nitrogens is 1. The highest BCUT2D eigenvalue weighted by atomic mass is 32.1. The molecule has 1 aromatic carbocycles. The zero-order chi connectivity index (χ0) is 18.9. The van der Waals surface area contributed by atoms with E-state index in [2.05, 4.69) is 9.97 Å². The molecular weight excluding hydrogens is 365 g/mol. The third kappa shape index (κ3) is 3.65. The molecule has 4 nitrogen and oxygen atoms in total. The molecule has 3 aromatic rings. The van der Waals surface area contributed by atoms with Crippen LogP contribution in [0.25, 0.3) is 22.0 Å². The minimum absolute atomic E-state index is 0.114. The fourth-order valence-electron chi connectivity index (χ4n) is 2.42. The second-order valence-corrected chi connectivity index (χ2v) is 6.80. The molecule has 0 aliphatic carbocycles. The van der Waals surface area contributed by atoms with Gasteiger partial charge in [-0.15, -0.1) is 11.3 Å². The Bertz CT molecular complexity index is 927. The summed E-state index contributed by atoms with van der Waals surface area (Å²) in [5.41, 5.74) is 0.315. The summed E-state index contributed by atoms with van der Waals surface area (Å²) in [4.78, 5) is 21.4. The van der Waals surface area contributed by atoms with Gasteiger partial charge in [0.05, 0.1) is 22.7 Å². The second kappa shape index (κ2) is 6.95. The number of hydrogen-bond donors (Lipinski definition) is 1. The number of halogens is 3. The maximum atomic E-state index is 12.7. The molecule has 0 unspecified atom stereocenters. The Hall–Kier alpha value is -2.61. The fraction of sp³-hybridized carbons (Fsp3) is 0.222. The fourth-order valence-corrected chi connectivity index (χ4v) is 3.29. The molecule has 0 radical (unpaired) electrons. The molecule has 0 saturated carbocycles. The zero-order valence-corrected chi connectivity index (χ0v) is 14.8. The lowest BCUT2D eigenvalue weighted by Crippen LogP contribution is -2.06. The molecule has 3 rings (SSSR count). The number of thiophene rings is 1. The van der Waals surface area contributed by atoms with Crippen molar-refractivity contribution in [2.75, 3.05) is 6.61 Å². The van der Waals surface area contributed by atoms with Gasteiger partial charge in [0.25, 0.3) is 0 Å². The maximum absolute atomic E-state index is 12.7. The maximum Gasteiger partial charge on any atom is 0.416 e. The normalized spacial score (nSPS) is 11.6. The molecule has 0 fully saturated rings. The van der Waals surface area contributed by atoms with Gasteiger partial charge in [0, 0.05) is 10.4 Å². The number of imidazole rings is 1. The van der Waals surface area contributed by atoms with E-state index in [1.807, 2.05) is 19.1 Å². The number of esters is 1. The minimum Gasteiger partial charge on any atom is -0.461 e. The lowest BCUT2D eigenvalue weighted by Gasteiger charge is -2.06. The molecule has 1 N–H and O–H groups in total. The quantitative estimate of drug-likeness (QED) is 0.624. The van der Waals surface area contributed by atoms with Gasteiger partial charge in [0.2, 0.25) is 0 Å². The number of aromatic amines is 1. The molecule has 0 bridgehead atoms. The van der Waals surface area contributed by atoms with Crippen molar-refractivity contribution in [3.8, 4) is 22.0 Å². The summed E-state index contributed by atoms with van der Waals surface area (Å²) in [5.74, 6) is -0.272. The highest BCUT2D eigenvalue weighted by Crippen LogP contribution is 2.33. The van der Waals surface area contributed by atoms with Crippen LogP contribution >= 0.6 is 11.3 Å². The van der Waals surface area contributed by atoms with E-state index >= 15 is 0 Å². The number of rotatable bonds is 4. The van der Waals surface area contributed by atoms with Crippen LogP contribution in [0.1, 0.15) is 27.9 Å². The zero-order valence-electron chi connectivity index (χ0n) is 14.0. The molecule has 26 heavy (non-hydrogen) atoms. The highest BCUT2D eigenvalue weighted by Gasteiger charge is 2.30. The number of carbonyl (C=O) groups excluding carboxylic acids is 1. The van der Waals surface area contributed by atoms with Crippen LogP contribution < -0.4 is 0 Å². The average molecular weight is 380 g/mol. The number of nitrogens with zero attached hydrogens (tertiary/aromatic N) is 1. The Morgan fingerprint density at radius 1 is 1.19 bits per heavy atom. The first-order valence-corrected chi connectivity index (χ1v) is 8.62. The van der Waals surface area contributed by atoms with E-state index in [1.165, 1.54) is 23.5 Å². The number of aromatic nitrogens is 2. The summed E-state index contributed by atoms with van der Waals surface area (Å²) in [6.07, 6.45) is -4.41. The average Bonchev–Trinajstić information content (AvgIpc) is 3.20. The van der Waals surface area contributed by atoms with Gasteiger partial charge in [0.1, 0.15) is 5.82 Å². The van der Waals surface area contributed by atoms with Crippen molar-refractivity contribution in [2.24, 2.45) is 0 Å². The SMILES string of the molecule is CCOC(=O)c1nc(-c2ccc(C(F)(F)F)cc2)[nH]c1-c1ccc(C)s1. The van der Waals surface area contributed by atoms with E-state index < -0.39 is 17.7 Å². The van der Waals surface area contributed by atoms with Crippen LogP contribution in [-0.2, 0) is 10.9 Å². The number of aryl methyl sites for hydroxylation is 1. The lowest BCUT2D eigenvalue weighted by atomic mass is 10.1. The van der Waals surface area contributed by atoms with Crippen LogP contribution in [0.2, 0.25) is 0 Å². The van der Waals surface area contributed by atoms with Gasteiger partial charge in [-0.2, -0.15) is 13.2 Å². The second-order valence-electron chi connectivity index (χ2n) is 5.51. The molecule has 0 saturated heterocycles. The summed E-state index contributed by atoms with van der Waals surface area (Å²) in [6.45, 7) is 3.83. The van der Waals surface area contributed by atoms with Crippen molar-refractivity contribution in [3.05, 3.63) is 52.5 Å². The van der Waals surface area contributed by atoms with E-state index in [4.69, 9.17) is 4.74 Å². The van der Waals surface area contributed by atoms with Crippen LogP contribution in [-0.4, -0.2) is 22.5 Å². The smallest absolute Gasteiger partial charge is 0.416 e. The first kappa shape index (κ1) is 18.2. The highest BCUT2D eigenvalue weighted by molar-refractivity contribution is 7.15. The van der Waals surface area contributed by atoms with Crippen molar-refractivity contribution >= 4 is 17.3 Å². The third-order valence-electron chi connectivity index (χ3n) is 3.65. The molecule has 136 valence electrons. The molecule has 0 spiro atoms. The lowest BCUT2D eigenvalue weighted by molar-refractivity contribution is -0.137. The van der Waals surface area contributed by atoms with Crippen molar-refractivity contribution in [1.29, 1.82) is 0 Å². The van der Waals surface area contributed by atoms with Gasteiger partial charge >= 0.3 is 12.1 Å². The van der Waals surface area contributed by atoms with Crippen LogP contribution in [0.5, 0.6) is 0 Å². The van der Waals surface area contributed by atoms with E-state index in [-0.39, 0.29) is 12.3 Å². The van der Waals surface area contributed by atoms with E-state index in [0.29, 0.717) is 17.1 Å². The van der Waals surface area contributed by atoms with Crippen LogP contribution in [0.4, 0.5) is 13.2 Å². The number of ether oxygens (including phenoxy) is 1. The monoisotopic (exact) mass is 380 g/mol. The summed E-state index contributed by atoms with van der Waals surface area (Å²) < 4.78 is 43.2.